The minimum Gasteiger partial charge on any atom is -0.244 e. The lowest BCUT2D eigenvalue weighted by atomic mass is 9.97. The van der Waals surface area contributed by atoms with Crippen molar-refractivity contribution in [2.24, 2.45) is 0 Å². The SMILES string of the molecule is CCCc1c(C(C)C)c(CC)nn1C(=O)n1cccn1. The molecule has 5 heteroatoms. The molecule has 0 radical (unpaired) electrons. The van der Waals surface area contributed by atoms with E-state index in [4.69, 9.17) is 0 Å². The molecule has 2 aromatic heterocycles. The van der Waals surface area contributed by atoms with E-state index in [9.17, 15) is 4.79 Å². The summed E-state index contributed by atoms with van der Waals surface area (Å²) in [5.74, 6) is 0.366. The molecule has 0 amide bonds. The molecule has 0 fully saturated rings. The Kier molecular flexibility index (Phi) is 4.37. The molecule has 0 saturated heterocycles. The predicted octanol–water partition coefficient (Wildman–Crippen LogP) is 3.23. The summed E-state index contributed by atoms with van der Waals surface area (Å²) in [6.45, 7) is 8.49. The normalized spacial score (nSPS) is 11.2. The van der Waals surface area contributed by atoms with Crippen LogP contribution in [0.5, 0.6) is 0 Å². The van der Waals surface area contributed by atoms with Crippen molar-refractivity contribution in [1.82, 2.24) is 19.6 Å². The number of aromatic nitrogens is 4. The summed E-state index contributed by atoms with van der Waals surface area (Å²) in [4.78, 5) is 12.5. The maximum Gasteiger partial charge on any atom is 0.369 e. The first kappa shape index (κ1) is 14.5. The third-order valence-electron chi connectivity index (χ3n) is 3.38. The van der Waals surface area contributed by atoms with Gasteiger partial charge in [-0.2, -0.15) is 19.6 Å². The van der Waals surface area contributed by atoms with Crippen molar-refractivity contribution in [3.63, 3.8) is 0 Å². The molecule has 0 atom stereocenters. The van der Waals surface area contributed by atoms with Crippen LogP contribution in [0.2, 0.25) is 0 Å². The molecule has 0 aliphatic heterocycles. The first-order chi connectivity index (χ1) is 9.60. The highest BCUT2D eigenvalue weighted by Crippen LogP contribution is 2.25. The number of carbonyl (C=O) groups is 1. The summed E-state index contributed by atoms with van der Waals surface area (Å²) in [5, 5.41) is 8.54. The number of carbonyl (C=O) groups excluding carboxylic acids is 1. The molecule has 0 spiro atoms. The van der Waals surface area contributed by atoms with Crippen molar-refractivity contribution in [1.29, 1.82) is 0 Å². The molecule has 0 aromatic carbocycles. The second kappa shape index (κ2) is 6.03. The molecule has 5 nitrogen and oxygen atoms in total. The molecular formula is C15H22N4O. The van der Waals surface area contributed by atoms with Gasteiger partial charge in [-0.1, -0.05) is 34.1 Å². The van der Waals surface area contributed by atoms with E-state index < -0.39 is 0 Å². The minimum absolute atomic E-state index is 0.208. The first-order valence-corrected chi connectivity index (χ1v) is 7.25. The van der Waals surface area contributed by atoms with E-state index in [0.29, 0.717) is 5.92 Å². The smallest absolute Gasteiger partial charge is 0.244 e. The van der Waals surface area contributed by atoms with Crippen molar-refractivity contribution in [3.05, 3.63) is 35.4 Å². The Morgan fingerprint density at radius 3 is 2.60 bits per heavy atom. The fraction of sp³-hybridized carbons (Fsp3) is 0.533. The van der Waals surface area contributed by atoms with Gasteiger partial charge in [-0.05, 0) is 30.4 Å². The van der Waals surface area contributed by atoms with E-state index in [0.717, 1.165) is 30.7 Å². The highest BCUT2D eigenvalue weighted by Gasteiger charge is 2.23. The van der Waals surface area contributed by atoms with Gasteiger partial charge in [0.25, 0.3) is 0 Å². The average molecular weight is 274 g/mol. The lowest BCUT2D eigenvalue weighted by Gasteiger charge is -2.10. The Hall–Kier alpha value is -1.91. The first-order valence-electron chi connectivity index (χ1n) is 7.25. The second-order valence-electron chi connectivity index (χ2n) is 5.21. The summed E-state index contributed by atoms with van der Waals surface area (Å²) in [6, 6.07) is 1.53. The zero-order chi connectivity index (χ0) is 14.7. The van der Waals surface area contributed by atoms with Crippen LogP contribution >= 0.6 is 0 Å². The van der Waals surface area contributed by atoms with Crippen molar-refractivity contribution < 1.29 is 4.79 Å². The third-order valence-corrected chi connectivity index (χ3v) is 3.38. The van der Waals surface area contributed by atoms with E-state index in [1.807, 2.05) is 0 Å². The molecule has 2 aromatic rings. The van der Waals surface area contributed by atoms with Crippen LogP contribution in [0.25, 0.3) is 0 Å². The fourth-order valence-electron chi connectivity index (χ4n) is 2.56. The lowest BCUT2D eigenvalue weighted by Crippen LogP contribution is -2.23. The molecule has 0 N–H and O–H groups in total. The Morgan fingerprint density at radius 2 is 2.10 bits per heavy atom. The second-order valence-corrected chi connectivity index (χ2v) is 5.21. The van der Waals surface area contributed by atoms with Gasteiger partial charge in [0.2, 0.25) is 0 Å². The van der Waals surface area contributed by atoms with Gasteiger partial charge < -0.3 is 0 Å². The highest BCUT2D eigenvalue weighted by atomic mass is 16.2. The molecule has 20 heavy (non-hydrogen) atoms. The lowest BCUT2D eigenvalue weighted by molar-refractivity contribution is 0.237. The number of aryl methyl sites for hydroxylation is 1. The zero-order valence-electron chi connectivity index (χ0n) is 12.6. The van der Waals surface area contributed by atoms with Crippen LogP contribution in [0.3, 0.4) is 0 Å². The Morgan fingerprint density at radius 1 is 1.35 bits per heavy atom. The van der Waals surface area contributed by atoms with Crippen molar-refractivity contribution in [2.75, 3.05) is 0 Å². The minimum atomic E-state index is -0.208. The van der Waals surface area contributed by atoms with Gasteiger partial charge in [0, 0.05) is 12.4 Å². The number of rotatable bonds is 4. The van der Waals surface area contributed by atoms with E-state index in [-0.39, 0.29) is 6.03 Å². The van der Waals surface area contributed by atoms with Crippen LogP contribution in [0.1, 0.15) is 57.0 Å². The predicted molar refractivity (Wildman–Crippen MR) is 78.1 cm³/mol. The number of nitrogens with zero attached hydrogens (tertiary/aromatic N) is 4. The molecule has 0 saturated carbocycles. The van der Waals surface area contributed by atoms with Crippen LogP contribution in [0.15, 0.2) is 18.5 Å². The monoisotopic (exact) mass is 274 g/mol. The van der Waals surface area contributed by atoms with Crippen molar-refractivity contribution in [3.8, 4) is 0 Å². The standard InChI is InChI=1S/C15H22N4O/c1-5-8-13-14(11(3)4)12(6-2)17-19(13)15(20)18-10-7-9-16-18/h7,9-11H,5-6,8H2,1-4H3. The van der Waals surface area contributed by atoms with Crippen LogP contribution in [0.4, 0.5) is 4.79 Å². The average Bonchev–Trinajstić information content (AvgIpc) is 3.05. The summed E-state index contributed by atoms with van der Waals surface area (Å²) >= 11 is 0. The van der Waals surface area contributed by atoms with Gasteiger partial charge >= 0.3 is 6.03 Å². The molecule has 2 heterocycles. The molecule has 0 aliphatic carbocycles. The topological polar surface area (TPSA) is 52.7 Å². The Bertz CT molecular complexity index is 581. The molecule has 0 bridgehead atoms. The fourth-order valence-corrected chi connectivity index (χ4v) is 2.56. The van der Waals surface area contributed by atoms with Crippen LogP contribution in [-0.4, -0.2) is 25.6 Å². The largest absolute Gasteiger partial charge is 0.369 e. The number of hydrogen-bond acceptors (Lipinski definition) is 3. The van der Waals surface area contributed by atoms with E-state index in [1.165, 1.54) is 14.9 Å². The van der Waals surface area contributed by atoms with Gasteiger partial charge in [0.05, 0.1) is 11.4 Å². The van der Waals surface area contributed by atoms with Crippen LogP contribution in [0, 0.1) is 0 Å². The molecular weight excluding hydrogens is 252 g/mol. The molecule has 108 valence electrons. The Balaban J connectivity index is 2.54. The van der Waals surface area contributed by atoms with Crippen LogP contribution in [-0.2, 0) is 12.8 Å². The van der Waals surface area contributed by atoms with Gasteiger partial charge in [-0.3, -0.25) is 0 Å². The molecule has 0 unspecified atom stereocenters. The zero-order valence-corrected chi connectivity index (χ0v) is 12.6. The third kappa shape index (κ3) is 2.53. The summed E-state index contributed by atoms with van der Waals surface area (Å²) < 4.78 is 2.86. The van der Waals surface area contributed by atoms with E-state index in [2.05, 4.69) is 37.9 Å². The summed E-state index contributed by atoms with van der Waals surface area (Å²) in [6.07, 6.45) is 5.93. The van der Waals surface area contributed by atoms with E-state index >= 15 is 0 Å². The quantitative estimate of drug-likeness (QED) is 0.860. The van der Waals surface area contributed by atoms with Gasteiger partial charge in [-0.15, -0.1) is 0 Å². The summed E-state index contributed by atoms with van der Waals surface area (Å²) in [5.41, 5.74) is 3.26. The van der Waals surface area contributed by atoms with Crippen LogP contribution < -0.4 is 0 Å². The van der Waals surface area contributed by atoms with Crippen molar-refractivity contribution in [2.45, 2.75) is 52.9 Å². The Labute approximate surface area is 119 Å². The maximum absolute atomic E-state index is 12.5. The molecule has 0 aliphatic rings. The van der Waals surface area contributed by atoms with Crippen molar-refractivity contribution >= 4 is 6.03 Å². The van der Waals surface area contributed by atoms with Gasteiger partial charge in [-0.25, -0.2) is 4.79 Å². The molecule has 2 rings (SSSR count). The summed E-state index contributed by atoms with van der Waals surface area (Å²) in [7, 11) is 0. The van der Waals surface area contributed by atoms with Gasteiger partial charge in [0.1, 0.15) is 0 Å². The van der Waals surface area contributed by atoms with Gasteiger partial charge in [0.15, 0.2) is 0 Å². The van der Waals surface area contributed by atoms with E-state index in [1.54, 1.807) is 18.5 Å². The highest BCUT2D eigenvalue weighted by molar-refractivity contribution is 5.78. The number of hydrogen-bond donors (Lipinski definition) is 0. The maximum atomic E-state index is 12.5.